The summed E-state index contributed by atoms with van der Waals surface area (Å²) in [5, 5.41) is 11.1. The molecule has 5 rings (SSSR count). The van der Waals surface area contributed by atoms with E-state index in [-0.39, 0.29) is 0 Å². The molecule has 1 aromatic heterocycles. The van der Waals surface area contributed by atoms with E-state index < -0.39 is 0 Å². The largest absolute Gasteiger partial charge is 0.497 e. The van der Waals surface area contributed by atoms with Gasteiger partial charge in [0.15, 0.2) is 0 Å². The van der Waals surface area contributed by atoms with E-state index in [1.165, 1.54) is 10.8 Å². The molecule has 0 radical (unpaired) electrons. The predicted octanol–water partition coefficient (Wildman–Crippen LogP) is 5.39. The number of aromatic nitrogens is 3. The van der Waals surface area contributed by atoms with Crippen LogP contribution in [-0.4, -0.2) is 22.1 Å². The number of methoxy groups -OCH3 is 1. The third-order valence-corrected chi connectivity index (χ3v) is 5.14. The van der Waals surface area contributed by atoms with Crippen LogP contribution < -0.4 is 9.64 Å². The maximum Gasteiger partial charge on any atom is 0.119 e. The molecule has 0 N–H and O–H groups in total. The molecule has 0 aliphatic carbocycles. The highest BCUT2D eigenvalue weighted by Crippen LogP contribution is 2.34. The second-order valence-corrected chi connectivity index (χ2v) is 6.84. The van der Waals surface area contributed by atoms with Crippen LogP contribution in [0.1, 0.15) is 0 Å². The van der Waals surface area contributed by atoms with E-state index in [9.17, 15) is 0 Å². The number of hydrogen-bond acceptors (Lipinski definition) is 4. The van der Waals surface area contributed by atoms with Crippen molar-refractivity contribution in [3.8, 4) is 5.75 Å². The summed E-state index contributed by atoms with van der Waals surface area (Å²) in [6.45, 7) is 0.543. The Balaban J connectivity index is 1.66. The lowest BCUT2D eigenvalue weighted by atomic mass is 10.1. The number of rotatable bonds is 5. The number of para-hydroxylation sites is 1. The summed E-state index contributed by atoms with van der Waals surface area (Å²) in [7, 11) is 1.68. The van der Waals surface area contributed by atoms with Crippen molar-refractivity contribution >= 4 is 33.2 Å². The Hall–Kier alpha value is -3.86. The number of anilines is 2. The molecule has 5 aromatic rings. The first kappa shape index (κ1) is 17.3. The quantitative estimate of drug-likeness (QED) is 0.410. The van der Waals surface area contributed by atoms with Gasteiger partial charge in [-0.25, -0.2) is 4.68 Å². The topological polar surface area (TPSA) is 43.2 Å². The highest BCUT2D eigenvalue weighted by molar-refractivity contribution is 5.96. The molecule has 0 amide bonds. The smallest absolute Gasteiger partial charge is 0.119 e. The van der Waals surface area contributed by atoms with Gasteiger partial charge >= 0.3 is 0 Å². The average molecular weight is 380 g/mol. The SMILES string of the molecule is COc1ccc(N(Cn2nnc3ccccc32)c2cccc3ccccc23)cc1. The number of ether oxygens (including phenoxy) is 1. The summed E-state index contributed by atoms with van der Waals surface area (Å²) in [5.41, 5.74) is 4.07. The van der Waals surface area contributed by atoms with Crippen molar-refractivity contribution in [2.75, 3.05) is 12.0 Å². The van der Waals surface area contributed by atoms with Crippen LogP contribution in [0.4, 0.5) is 11.4 Å². The van der Waals surface area contributed by atoms with Crippen molar-refractivity contribution in [1.82, 2.24) is 15.0 Å². The zero-order valence-electron chi connectivity index (χ0n) is 16.1. The van der Waals surface area contributed by atoms with Crippen molar-refractivity contribution in [3.63, 3.8) is 0 Å². The standard InChI is InChI=1S/C24H20N4O/c1-29-20-15-13-19(14-16-20)27(17-28-24-11-5-4-10-22(24)25-26-28)23-12-6-8-18-7-2-3-9-21(18)23/h2-16H,17H2,1H3. The Morgan fingerprint density at radius 1 is 0.828 bits per heavy atom. The molecule has 0 unspecified atom stereocenters. The molecule has 0 bridgehead atoms. The molecule has 0 atom stereocenters. The molecule has 1 heterocycles. The third kappa shape index (κ3) is 3.17. The van der Waals surface area contributed by atoms with Crippen LogP contribution in [0.3, 0.4) is 0 Å². The first-order valence-corrected chi connectivity index (χ1v) is 9.51. The van der Waals surface area contributed by atoms with E-state index in [0.717, 1.165) is 28.2 Å². The number of nitrogens with zero attached hydrogens (tertiary/aromatic N) is 4. The number of benzene rings is 4. The molecular formula is C24H20N4O. The minimum absolute atomic E-state index is 0.543. The monoisotopic (exact) mass is 380 g/mol. The van der Waals surface area contributed by atoms with Crippen LogP contribution in [0, 0.1) is 0 Å². The summed E-state index contributed by atoms with van der Waals surface area (Å²) in [4.78, 5) is 2.25. The fraction of sp³-hybridized carbons (Fsp3) is 0.0833. The molecule has 0 aliphatic rings. The van der Waals surface area contributed by atoms with Gasteiger partial charge in [0.2, 0.25) is 0 Å². The molecule has 29 heavy (non-hydrogen) atoms. The fourth-order valence-corrected chi connectivity index (χ4v) is 3.66. The van der Waals surface area contributed by atoms with Gasteiger partial charge in [-0.15, -0.1) is 5.10 Å². The Kier molecular flexibility index (Phi) is 4.33. The van der Waals surface area contributed by atoms with E-state index in [0.29, 0.717) is 6.67 Å². The van der Waals surface area contributed by atoms with Crippen LogP contribution in [0.15, 0.2) is 91.0 Å². The van der Waals surface area contributed by atoms with Crippen molar-refractivity contribution in [1.29, 1.82) is 0 Å². The molecule has 0 saturated heterocycles. The minimum atomic E-state index is 0.543. The normalized spacial score (nSPS) is 11.1. The Bertz CT molecular complexity index is 1270. The Morgan fingerprint density at radius 2 is 1.59 bits per heavy atom. The van der Waals surface area contributed by atoms with Crippen molar-refractivity contribution in [2.24, 2.45) is 0 Å². The van der Waals surface area contributed by atoms with Crippen molar-refractivity contribution in [3.05, 3.63) is 91.0 Å². The van der Waals surface area contributed by atoms with E-state index in [2.05, 4.69) is 69.8 Å². The molecule has 4 aromatic carbocycles. The molecule has 0 spiro atoms. The third-order valence-electron chi connectivity index (χ3n) is 5.14. The minimum Gasteiger partial charge on any atom is -0.497 e. The number of hydrogen-bond donors (Lipinski definition) is 0. The molecule has 5 heteroatoms. The molecule has 0 saturated carbocycles. The van der Waals surface area contributed by atoms with Crippen LogP contribution in [-0.2, 0) is 6.67 Å². The van der Waals surface area contributed by atoms with Gasteiger partial charge in [-0.05, 0) is 47.9 Å². The Labute approximate surface area is 168 Å². The van der Waals surface area contributed by atoms with Gasteiger partial charge in [0, 0.05) is 11.1 Å². The van der Waals surface area contributed by atoms with Gasteiger partial charge < -0.3 is 9.64 Å². The van der Waals surface area contributed by atoms with Gasteiger partial charge in [0.1, 0.15) is 17.9 Å². The van der Waals surface area contributed by atoms with Gasteiger partial charge in [-0.2, -0.15) is 0 Å². The Morgan fingerprint density at radius 3 is 2.45 bits per heavy atom. The maximum absolute atomic E-state index is 5.34. The highest BCUT2D eigenvalue weighted by Gasteiger charge is 2.15. The summed E-state index contributed by atoms with van der Waals surface area (Å²) < 4.78 is 7.27. The van der Waals surface area contributed by atoms with Crippen LogP contribution in [0.5, 0.6) is 5.75 Å². The summed E-state index contributed by atoms with van der Waals surface area (Å²) >= 11 is 0. The zero-order valence-corrected chi connectivity index (χ0v) is 16.1. The summed E-state index contributed by atoms with van der Waals surface area (Å²) in [5.74, 6) is 0.831. The molecule has 0 fully saturated rings. The first-order valence-electron chi connectivity index (χ1n) is 9.51. The van der Waals surface area contributed by atoms with E-state index in [1.807, 2.05) is 41.1 Å². The van der Waals surface area contributed by atoms with Gasteiger partial charge in [-0.1, -0.05) is 53.7 Å². The van der Waals surface area contributed by atoms with E-state index in [4.69, 9.17) is 4.74 Å². The molecule has 5 nitrogen and oxygen atoms in total. The highest BCUT2D eigenvalue weighted by atomic mass is 16.5. The second-order valence-electron chi connectivity index (χ2n) is 6.84. The maximum atomic E-state index is 5.34. The van der Waals surface area contributed by atoms with Crippen LogP contribution in [0.2, 0.25) is 0 Å². The second kappa shape index (κ2) is 7.28. The zero-order chi connectivity index (χ0) is 19.6. The lowest BCUT2D eigenvalue weighted by Crippen LogP contribution is -2.22. The van der Waals surface area contributed by atoms with Crippen molar-refractivity contribution < 1.29 is 4.74 Å². The van der Waals surface area contributed by atoms with Crippen LogP contribution in [0.25, 0.3) is 21.8 Å². The van der Waals surface area contributed by atoms with E-state index in [1.54, 1.807) is 7.11 Å². The number of fused-ring (bicyclic) bond motifs is 2. The molecule has 142 valence electrons. The van der Waals surface area contributed by atoms with Gasteiger partial charge in [0.05, 0.1) is 18.3 Å². The van der Waals surface area contributed by atoms with Crippen molar-refractivity contribution in [2.45, 2.75) is 6.67 Å². The summed E-state index contributed by atoms with van der Waals surface area (Å²) in [6, 6.07) is 30.9. The lowest BCUT2D eigenvalue weighted by molar-refractivity contribution is 0.415. The van der Waals surface area contributed by atoms with Crippen LogP contribution >= 0.6 is 0 Å². The van der Waals surface area contributed by atoms with E-state index >= 15 is 0 Å². The van der Waals surface area contributed by atoms with Gasteiger partial charge in [0.25, 0.3) is 0 Å². The first-order chi connectivity index (χ1) is 14.3. The lowest BCUT2D eigenvalue weighted by Gasteiger charge is -2.26. The fourth-order valence-electron chi connectivity index (χ4n) is 3.66. The molecular weight excluding hydrogens is 360 g/mol. The average Bonchev–Trinajstić information content (AvgIpc) is 3.20. The molecule has 0 aliphatic heterocycles. The predicted molar refractivity (Wildman–Crippen MR) is 117 cm³/mol. The summed E-state index contributed by atoms with van der Waals surface area (Å²) in [6.07, 6.45) is 0. The van der Waals surface area contributed by atoms with Gasteiger partial charge in [-0.3, -0.25) is 0 Å².